The molecule has 0 saturated heterocycles. The third-order valence-corrected chi connectivity index (χ3v) is 12.7. The Kier molecular flexibility index (Phi) is 16.8. The number of carbonyl (C=O) groups excluding carboxylic acids is 1. The van der Waals surface area contributed by atoms with Gasteiger partial charge in [-0.3, -0.25) is 4.99 Å². The number of nitrogens with one attached hydrogen (secondary N) is 2. The fourth-order valence-corrected chi connectivity index (χ4v) is 8.53. The molecule has 3 aliphatic carbocycles. The number of rotatable bonds is 14. The molecule has 0 heterocycles. The topological polar surface area (TPSA) is 85.8 Å². The van der Waals surface area contributed by atoms with Crippen LogP contribution in [0, 0.1) is 17.3 Å². The van der Waals surface area contributed by atoms with Crippen LogP contribution in [0.25, 0.3) is 0 Å². The largest absolute Gasteiger partial charge is 0.588 e. The third-order valence-electron chi connectivity index (χ3n) is 9.74. The van der Waals surface area contributed by atoms with Crippen LogP contribution >= 0.6 is 35.0 Å². The molecule has 47 heavy (non-hydrogen) atoms. The van der Waals surface area contributed by atoms with Crippen molar-refractivity contribution in [2.24, 2.45) is 22.2 Å². The predicted octanol–water partition coefficient (Wildman–Crippen LogP) is 10.4. The lowest BCUT2D eigenvalue weighted by Crippen LogP contribution is -2.43. The zero-order valence-corrected chi connectivity index (χ0v) is 32.0. The van der Waals surface area contributed by atoms with Gasteiger partial charge in [-0.25, -0.2) is 9.18 Å². The summed E-state index contributed by atoms with van der Waals surface area (Å²) in [6, 6.07) is -0.236. The highest BCUT2D eigenvalue weighted by molar-refractivity contribution is 8.14. The quantitative estimate of drug-likeness (QED) is 0.0465. The first-order chi connectivity index (χ1) is 22.3. The van der Waals surface area contributed by atoms with Gasteiger partial charge in [-0.1, -0.05) is 63.4 Å². The summed E-state index contributed by atoms with van der Waals surface area (Å²) in [5.41, 5.74) is 2.05. The van der Waals surface area contributed by atoms with Crippen molar-refractivity contribution in [3.05, 3.63) is 57.3 Å². The molecule has 264 valence electrons. The van der Waals surface area contributed by atoms with Crippen LogP contribution in [0.15, 0.2) is 62.3 Å². The normalized spacial score (nSPS) is 25.2. The molecule has 6 nitrogen and oxygen atoms in total. The number of carbonyl (C=O) groups is 1. The van der Waals surface area contributed by atoms with Gasteiger partial charge in [0.2, 0.25) is 0 Å². The maximum atomic E-state index is 13.9. The van der Waals surface area contributed by atoms with Crippen molar-refractivity contribution in [3.63, 3.8) is 0 Å². The minimum atomic E-state index is -1.63. The Morgan fingerprint density at radius 3 is 2.57 bits per heavy atom. The minimum Gasteiger partial charge on any atom is -0.588 e. The molecule has 1 saturated carbocycles. The van der Waals surface area contributed by atoms with E-state index < -0.39 is 23.6 Å². The molecule has 0 aromatic heterocycles. The number of amides is 2. The highest BCUT2D eigenvalue weighted by Crippen LogP contribution is 2.48. The van der Waals surface area contributed by atoms with Gasteiger partial charge in [-0.2, -0.15) is 0 Å². The molecule has 5 atom stereocenters. The lowest BCUT2D eigenvalue weighted by Gasteiger charge is -2.40. The molecule has 5 unspecified atom stereocenters. The van der Waals surface area contributed by atoms with Crippen molar-refractivity contribution >= 4 is 57.4 Å². The molecule has 0 bridgehead atoms. The number of thioether (sulfide) groups is 1. The summed E-state index contributed by atoms with van der Waals surface area (Å²) < 4.78 is 35.0. The van der Waals surface area contributed by atoms with E-state index in [4.69, 9.17) is 32.9 Å². The number of aliphatic imine (C=N–C) groups is 1. The van der Waals surface area contributed by atoms with Crippen LogP contribution in [-0.4, -0.2) is 46.1 Å². The van der Waals surface area contributed by atoms with Crippen molar-refractivity contribution in [3.8, 4) is 0 Å². The lowest BCUT2D eigenvalue weighted by atomic mass is 9.66. The molecule has 3 rings (SSSR count). The van der Waals surface area contributed by atoms with E-state index in [1.54, 1.807) is 24.9 Å². The highest BCUT2D eigenvalue weighted by Gasteiger charge is 2.37. The molecule has 1 fully saturated rings. The van der Waals surface area contributed by atoms with Crippen LogP contribution in [0.5, 0.6) is 0 Å². The zero-order valence-electron chi connectivity index (χ0n) is 28.9. The first kappa shape index (κ1) is 40.0. The van der Waals surface area contributed by atoms with Gasteiger partial charge < -0.3 is 14.6 Å². The van der Waals surface area contributed by atoms with Gasteiger partial charge in [0.05, 0.1) is 22.6 Å². The molecular weight excluding hydrogens is 676 g/mol. The van der Waals surface area contributed by atoms with Gasteiger partial charge in [0.25, 0.3) is 0 Å². The van der Waals surface area contributed by atoms with Crippen molar-refractivity contribution < 1.29 is 18.5 Å². The standard InChI is InChI=1S/C36H54Cl2FN3O3S2/c1-7-32(47(44)42-35(43)41-31-10-8-9-11-31)18-14-27(24(2)37)23-46-25(3)40-22-29(20-26-12-16-30(39)17-13-26)36(4,5)28-15-19-33(38)34(21-28)45-6/h12,14,16,18,22,24,26,28,30-31H,7-11,13,15,17,19-21,23H2,1-6H3,(H2,41,42,43)/b27-14-,29-22+,32-18+,40-25+. The van der Waals surface area contributed by atoms with Crippen LogP contribution in [-0.2, 0) is 16.1 Å². The number of halogens is 3. The van der Waals surface area contributed by atoms with E-state index in [1.807, 2.05) is 45.2 Å². The summed E-state index contributed by atoms with van der Waals surface area (Å²) in [7, 11) is 1.69. The number of ether oxygens (including phenoxy) is 1. The Balaban J connectivity index is 1.73. The second kappa shape index (κ2) is 19.7. The Hall–Kier alpha value is -1.39. The van der Waals surface area contributed by atoms with Crippen LogP contribution < -0.4 is 10.0 Å². The van der Waals surface area contributed by atoms with E-state index in [1.165, 1.54) is 5.57 Å². The van der Waals surface area contributed by atoms with E-state index in [9.17, 15) is 13.7 Å². The summed E-state index contributed by atoms with van der Waals surface area (Å²) in [6.07, 6.45) is 18.1. The molecule has 0 radical (unpaired) electrons. The van der Waals surface area contributed by atoms with Crippen LogP contribution in [0.2, 0.25) is 0 Å². The fraction of sp³-hybridized carbons (Fsp3) is 0.667. The molecule has 11 heteroatoms. The fourth-order valence-electron chi connectivity index (χ4n) is 6.36. The molecule has 0 aromatic rings. The molecule has 3 aliphatic rings. The van der Waals surface area contributed by atoms with Crippen LogP contribution in [0.4, 0.5) is 9.18 Å². The Morgan fingerprint density at radius 2 is 1.96 bits per heavy atom. The molecule has 0 aliphatic heterocycles. The predicted molar refractivity (Wildman–Crippen MR) is 200 cm³/mol. The zero-order chi connectivity index (χ0) is 34.6. The summed E-state index contributed by atoms with van der Waals surface area (Å²) >= 11 is 13.0. The van der Waals surface area contributed by atoms with E-state index in [0.29, 0.717) is 29.4 Å². The van der Waals surface area contributed by atoms with E-state index in [2.05, 4.69) is 23.9 Å². The Morgan fingerprint density at radius 1 is 1.23 bits per heavy atom. The monoisotopic (exact) mass is 729 g/mol. The first-order valence-corrected chi connectivity index (χ1v) is 19.9. The van der Waals surface area contributed by atoms with Gasteiger partial charge in [0, 0.05) is 30.8 Å². The summed E-state index contributed by atoms with van der Waals surface area (Å²) in [6.45, 7) is 10.4. The molecule has 0 aromatic carbocycles. The van der Waals surface area contributed by atoms with Gasteiger partial charge in [-0.15, -0.1) is 28.1 Å². The first-order valence-electron chi connectivity index (χ1n) is 17.0. The maximum absolute atomic E-state index is 13.9. The van der Waals surface area contributed by atoms with Crippen molar-refractivity contribution in [1.29, 1.82) is 0 Å². The molecular formula is C36H54Cl2FN3O3S2. The average molecular weight is 731 g/mol. The maximum Gasteiger partial charge on any atom is 0.356 e. The van der Waals surface area contributed by atoms with E-state index in [-0.39, 0.29) is 22.8 Å². The van der Waals surface area contributed by atoms with Crippen molar-refractivity contribution in [2.45, 2.75) is 123 Å². The summed E-state index contributed by atoms with van der Waals surface area (Å²) in [5.74, 6) is 2.11. The number of alkyl halides is 2. The smallest absolute Gasteiger partial charge is 0.356 e. The number of urea groups is 1. The van der Waals surface area contributed by atoms with Gasteiger partial charge in [0.15, 0.2) is 4.91 Å². The van der Waals surface area contributed by atoms with Gasteiger partial charge >= 0.3 is 6.03 Å². The van der Waals surface area contributed by atoms with E-state index >= 15 is 0 Å². The Labute approximate surface area is 299 Å². The molecule has 2 N–H and O–H groups in total. The van der Waals surface area contributed by atoms with Crippen LogP contribution in [0.3, 0.4) is 0 Å². The van der Waals surface area contributed by atoms with Gasteiger partial charge in [0.1, 0.15) is 23.3 Å². The minimum absolute atomic E-state index is 0.156. The van der Waals surface area contributed by atoms with E-state index in [0.717, 1.165) is 79.2 Å². The number of nitrogens with zero attached hydrogens (tertiary/aromatic N) is 1. The third kappa shape index (κ3) is 12.8. The number of hydrogen-bond acceptors (Lipinski definition) is 5. The number of allylic oxidation sites excluding steroid dienone is 8. The second-order valence-corrected chi connectivity index (χ2v) is 16.9. The number of hydrogen-bond donors (Lipinski definition) is 2. The van der Waals surface area contributed by atoms with Crippen molar-refractivity contribution in [2.75, 3.05) is 12.9 Å². The van der Waals surface area contributed by atoms with Crippen LogP contribution in [0.1, 0.15) is 105 Å². The molecule has 0 spiro atoms. The lowest BCUT2D eigenvalue weighted by molar-refractivity contribution is 0.173. The number of methoxy groups -OCH3 is 1. The summed E-state index contributed by atoms with van der Waals surface area (Å²) in [5, 5.41) is 4.40. The highest BCUT2D eigenvalue weighted by atomic mass is 35.5. The second-order valence-electron chi connectivity index (χ2n) is 13.4. The van der Waals surface area contributed by atoms with Crippen molar-refractivity contribution in [1.82, 2.24) is 10.0 Å². The molecule has 2 amide bonds. The summed E-state index contributed by atoms with van der Waals surface area (Å²) in [4.78, 5) is 17.9. The Bertz CT molecular complexity index is 1240. The van der Waals surface area contributed by atoms with Gasteiger partial charge in [-0.05, 0) is 93.3 Å². The SMILES string of the molecule is CC/C(=C\C=C(\CS/C(C)=N/C=C(\CC1C=CC(F)CC1)C(C)(C)C1CCC(Cl)=C(OC)C1)C(C)Cl)[S+]([O-])NC(=O)NC1CCCC1. The average Bonchev–Trinajstić information content (AvgIpc) is 3.54.